The maximum absolute atomic E-state index is 4.55. The third kappa shape index (κ3) is 0.953. The minimum atomic E-state index is 0.412. The second-order valence-corrected chi connectivity index (χ2v) is 4.25. The highest BCUT2D eigenvalue weighted by atomic mass is 14.9. The Hall–Kier alpha value is -0.890. The van der Waals surface area contributed by atoms with Gasteiger partial charge in [-0.3, -0.25) is 4.98 Å². The summed E-state index contributed by atoms with van der Waals surface area (Å²) in [5.41, 5.74) is 3.20. The second-order valence-electron chi connectivity index (χ2n) is 4.25. The molecule has 2 aliphatic rings. The maximum atomic E-state index is 4.55. The average Bonchev–Trinajstić information content (AvgIpc) is 2.14. The summed E-state index contributed by atoms with van der Waals surface area (Å²) >= 11 is 0. The van der Waals surface area contributed by atoms with E-state index in [1.165, 1.54) is 30.5 Å². The predicted octanol–water partition coefficient (Wildman–Crippen LogP) is 1.61. The zero-order valence-corrected chi connectivity index (χ0v) is 7.71. The van der Waals surface area contributed by atoms with E-state index in [1.54, 1.807) is 0 Å². The molecule has 0 amide bonds. The highest BCUT2D eigenvalue weighted by molar-refractivity contribution is 5.32. The van der Waals surface area contributed by atoms with Gasteiger partial charge in [0.15, 0.2) is 0 Å². The molecule has 13 heavy (non-hydrogen) atoms. The monoisotopic (exact) mass is 174 g/mol. The molecule has 1 aromatic rings. The quantitative estimate of drug-likeness (QED) is 0.646. The lowest BCUT2D eigenvalue weighted by atomic mass is 9.64. The maximum Gasteiger partial charge on any atom is 0.0522 e. The lowest BCUT2D eigenvalue weighted by molar-refractivity contribution is 0.212. The van der Waals surface area contributed by atoms with Crippen LogP contribution in [0.15, 0.2) is 18.3 Å². The van der Waals surface area contributed by atoms with E-state index in [0.717, 1.165) is 13.1 Å². The van der Waals surface area contributed by atoms with Gasteiger partial charge >= 0.3 is 0 Å². The van der Waals surface area contributed by atoms with Crippen molar-refractivity contribution in [2.24, 2.45) is 0 Å². The largest absolute Gasteiger partial charge is 0.312 e. The van der Waals surface area contributed by atoms with Crippen LogP contribution in [0.2, 0.25) is 0 Å². The molecular weight excluding hydrogens is 160 g/mol. The van der Waals surface area contributed by atoms with Crippen LogP contribution < -0.4 is 5.32 Å². The van der Waals surface area contributed by atoms with Crippen molar-refractivity contribution in [2.75, 3.05) is 6.54 Å². The Balaban J connectivity index is 2.11. The Morgan fingerprint density at radius 1 is 1.38 bits per heavy atom. The smallest absolute Gasteiger partial charge is 0.0522 e. The van der Waals surface area contributed by atoms with E-state index in [-0.39, 0.29) is 0 Å². The second kappa shape index (κ2) is 2.55. The van der Waals surface area contributed by atoms with Crippen molar-refractivity contribution >= 4 is 0 Å². The molecule has 2 heteroatoms. The van der Waals surface area contributed by atoms with Crippen molar-refractivity contribution in [1.29, 1.82) is 0 Å². The fraction of sp³-hybridized carbons (Fsp3) is 0.545. The molecule has 1 aliphatic heterocycles. The van der Waals surface area contributed by atoms with E-state index in [0.29, 0.717) is 5.41 Å². The van der Waals surface area contributed by atoms with E-state index in [9.17, 15) is 0 Å². The Kier molecular flexibility index (Phi) is 1.47. The number of hydrogen-bond donors (Lipinski definition) is 1. The zero-order valence-electron chi connectivity index (χ0n) is 7.71. The van der Waals surface area contributed by atoms with E-state index in [2.05, 4.69) is 16.4 Å². The van der Waals surface area contributed by atoms with Crippen LogP contribution >= 0.6 is 0 Å². The van der Waals surface area contributed by atoms with Crippen molar-refractivity contribution in [1.82, 2.24) is 10.3 Å². The third-order valence-corrected chi connectivity index (χ3v) is 3.48. The van der Waals surface area contributed by atoms with Gasteiger partial charge in [-0.1, -0.05) is 12.5 Å². The summed E-state index contributed by atoms with van der Waals surface area (Å²) in [6.45, 7) is 2.14. The Labute approximate surface area is 78.4 Å². The predicted molar refractivity (Wildman–Crippen MR) is 51.5 cm³/mol. The van der Waals surface area contributed by atoms with Crippen LogP contribution in [0.25, 0.3) is 0 Å². The molecular formula is C11H14N2. The molecule has 0 saturated heterocycles. The van der Waals surface area contributed by atoms with E-state index < -0.39 is 0 Å². The number of pyridine rings is 1. The number of aromatic nitrogens is 1. The fourth-order valence-corrected chi connectivity index (χ4v) is 2.60. The number of fused-ring (bicyclic) bond motifs is 2. The first-order valence-electron chi connectivity index (χ1n) is 5.06. The van der Waals surface area contributed by atoms with Crippen LogP contribution in [0.5, 0.6) is 0 Å². The number of nitrogens with zero attached hydrogens (tertiary/aromatic N) is 1. The SMILES string of the molecule is c1cnc2c(c1)CNCC21CCC1. The molecule has 0 atom stereocenters. The first-order valence-corrected chi connectivity index (χ1v) is 5.06. The van der Waals surface area contributed by atoms with Gasteiger partial charge in [-0.15, -0.1) is 0 Å². The van der Waals surface area contributed by atoms with Crippen molar-refractivity contribution < 1.29 is 0 Å². The van der Waals surface area contributed by atoms with Crippen molar-refractivity contribution in [3.8, 4) is 0 Å². The number of rotatable bonds is 0. The number of nitrogens with one attached hydrogen (secondary N) is 1. The summed E-state index contributed by atoms with van der Waals surface area (Å²) in [7, 11) is 0. The van der Waals surface area contributed by atoms with E-state index >= 15 is 0 Å². The summed E-state index contributed by atoms with van der Waals surface area (Å²) in [5.74, 6) is 0. The minimum absolute atomic E-state index is 0.412. The molecule has 0 unspecified atom stereocenters. The Bertz CT molecular complexity index is 329. The van der Waals surface area contributed by atoms with Crippen LogP contribution in [0.4, 0.5) is 0 Å². The van der Waals surface area contributed by atoms with Gasteiger partial charge in [0.05, 0.1) is 5.69 Å². The first kappa shape index (κ1) is 7.51. The molecule has 1 saturated carbocycles. The molecule has 1 spiro atoms. The summed E-state index contributed by atoms with van der Waals surface area (Å²) in [5, 5.41) is 3.49. The van der Waals surface area contributed by atoms with Crippen molar-refractivity contribution in [3.63, 3.8) is 0 Å². The highest BCUT2D eigenvalue weighted by Gasteiger charge is 2.42. The number of hydrogen-bond acceptors (Lipinski definition) is 2. The zero-order chi connectivity index (χ0) is 8.73. The fourth-order valence-electron chi connectivity index (χ4n) is 2.60. The molecule has 68 valence electrons. The van der Waals surface area contributed by atoms with Gasteiger partial charge in [-0.05, 0) is 24.5 Å². The standard InChI is InChI=1S/C11H14N2/c1-3-9-7-12-8-11(4-2-5-11)10(9)13-6-1/h1,3,6,12H,2,4-5,7-8H2. The first-order chi connectivity index (χ1) is 6.41. The van der Waals surface area contributed by atoms with Crippen LogP contribution in [-0.4, -0.2) is 11.5 Å². The highest BCUT2D eigenvalue weighted by Crippen LogP contribution is 2.44. The summed E-state index contributed by atoms with van der Waals surface area (Å²) in [6, 6.07) is 4.24. The van der Waals surface area contributed by atoms with Gasteiger partial charge in [0.25, 0.3) is 0 Å². The molecule has 1 fully saturated rings. The molecule has 1 N–H and O–H groups in total. The lowest BCUT2D eigenvalue weighted by Crippen LogP contribution is -2.48. The Morgan fingerprint density at radius 3 is 3.08 bits per heavy atom. The van der Waals surface area contributed by atoms with Crippen LogP contribution in [-0.2, 0) is 12.0 Å². The summed E-state index contributed by atoms with van der Waals surface area (Å²) in [6.07, 6.45) is 5.95. The van der Waals surface area contributed by atoms with Gasteiger partial charge in [0.2, 0.25) is 0 Å². The van der Waals surface area contributed by atoms with Crippen LogP contribution in [0.1, 0.15) is 30.5 Å². The molecule has 2 heterocycles. The van der Waals surface area contributed by atoms with Gasteiger partial charge in [-0.2, -0.15) is 0 Å². The van der Waals surface area contributed by atoms with E-state index in [4.69, 9.17) is 0 Å². The van der Waals surface area contributed by atoms with Crippen LogP contribution in [0, 0.1) is 0 Å². The average molecular weight is 174 g/mol. The summed E-state index contributed by atoms with van der Waals surface area (Å²) < 4.78 is 0. The normalized spacial score (nSPS) is 23.7. The van der Waals surface area contributed by atoms with Gasteiger partial charge in [0.1, 0.15) is 0 Å². The molecule has 3 rings (SSSR count). The molecule has 0 radical (unpaired) electrons. The van der Waals surface area contributed by atoms with E-state index in [1.807, 2.05) is 12.3 Å². The molecule has 1 aliphatic carbocycles. The molecule has 0 aromatic carbocycles. The Morgan fingerprint density at radius 2 is 2.31 bits per heavy atom. The minimum Gasteiger partial charge on any atom is -0.312 e. The van der Waals surface area contributed by atoms with Gasteiger partial charge in [-0.25, -0.2) is 0 Å². The van der Waals surface area contributed by atoms with Gasteiger partial charge < -0.3 is 5.32 Å². The third-order valence-electron chi connectivity index (χ3n) is 3.48. The summed E-state index contributed by atoms with van der Waals surface area (Å²) in [4.78, 5) is 4.55. The molecule has 0 bridgehead atoms. The van der Waals surface area contributed by atoms with Crippen LogP contribution in [0.3, 0.4) is 0 Å². The van der Waals surface area contributed by atoms with Crippen molar-refractivity contribution in [3.05, 3.63) is 29.6 Å². The lowest BCUT2D eigenvalue weighted by Gasteiger charge is -2.45. The molecule has 1 aromatic heterocycles. The molecule has 2 nitrogen and oxygen atoms in total. The van der Waals surface area contributed by atoms with Gasteiger partial charge in [0, 0.05) is 24.7 Å². The van der Waals surface area contributed by atoms with Crippen molar-refractivity contribution in [2.45, 2.75) is 31.2 Å². The topological polar surface area (TPSA) is 24.9 Å².